The number of amides is 1. The van der Waals surface area contributed by atoms with E-state index < -0.39 is 5.41 Å². The van der Waals surface area contributed by atoms with Crippen LogP contribution in [0, 0.1) is 28.1 Å². The molecule has 1 fully saturated rings. The average molecular weight is 180 g/mol. The van der Waals surface area contributed by atoms with E-state index in [1.807, 2.05) is 20.8 Å². The van der Waals surface area contributed by atoms with Gasteiger partial charge in [-0.3, -0.25) is 4.79 Å². The van der Waals surface area contributed by atoms with Gasteiger partial charge in [-0.2, -0.15) is 5.26 Å². The molecule has 0 aromatic heterocycles. The Bertz CT molecular complexity index is 277. The molecule has 0 spiro atoms. The minimum atomic E-state index is -0.520. The summed E-state index contributed by atoms with van der Waals surface area (Å²) >= 11 is 0. The zero-order chi connectivity index (χ0) is 10.3. The smallest absolute Gasteiger partial charge is 0.223 e. The van der Waals surface area contributed by atoms with Crippen molar-refractivity contribution in [3.8, 4) is 6.07 Å². The zero-order valence-electron chi connectivity index (χ0n) is 8.42. The minimum Gasteiger partial charge on any atom is -0.369 e. The van der Waals surface area contributed by atoms with Crippen LogP contribution in [-0.4, -0.2) is 5.91 Å². The monoisotopic (exact) mass is 180 g/mol. The Morgan fingerprint density at radius 1 is 1.54 bits per heavy atom. The highest BCUT2D eigenvalue weighted by Gasteiger charge is 2.55. The van der Waals surface area contributed by atoms with Crippen molar-refractivity contribution in [2.75, 3.05) is 0 Å². The standard InChI is InChI=1S/C10H16N2O/c1-9(2)7(6-11)4-5-10(9,3)8(12)13/h7H,4-5H2,1-3H3,(H2,12,13)/t7-,10-/m1/s1. The van der Waals surface area contributed by atoms with Gasteiger partial charge in [0, 0.05) is 0 Å². The molecule has 13 heavy (non-hydrogen) atoms. The summed E-state index contributed by atoms with van der Waals surface area (Å²) in [6.07, 6.45) is 1.51. The number of hydrogen-bond acceptors (Lipinski definition) is 2. The topological polar surface area (TPSA) is 66.9 Å². The van der Waals surface area contributed by atoms with E-state index in [9.17, 15) is 4.79 Å². The summed E-state index contributed by atoms with van der Waals surface area (Å²) in [5.74, 6) is -0.333. The van der Waals surface area contributed by atoms with Crippen LogP contribution in [-0.2, 0) is 4.79 Å². The number of nitrogens with zero attached hydrogens (tertiary/aromatic N) is 1. The third-order valence-electron chi connectivity index (χ3n) is 3.93. The third kappa shape index (κ3) is 1.13. The van der Waals surface area contributed by atoms with Crippen molar-refractivity contribution in [1.82, 2.24) is 0 Å². The van der Waals surface area contributed by atoms with E-state index >= 15 is 0 Å². The van der Waals surface area contributed by atoms with Gasteiger partial charge in [-0.15, -0.1) is 0 Å². The average Bonchev–Trinajstić information content (AvgIpc) is 2.25. The van der Waals surface area contributed by atoms with Crippen molar-refractivity contribution < 1.29 is 4.79 Å². The molecule has 0 bridgehead atoms. The first kappa shape index (κ1) is 10.0. The van der Waals surface area contributed by atoms with Crippen LogP contribution in [0.4, 0.5) is 0 Å². The number of rotatable bonds is 1. The van der Waals surface area contributed by atoms with Gasteiger partial charge in [-0.1, -0.05) is 20.8 Å². The van der Waals surface area contributed by atoms with Crippen molar-refractivity contribution in [2.24, 2.45) is 22.5 Å². The predicted molar refractivity (Wildman–Crippen MR) is 49.4 cm³/mol. The maximum Gasteiger partial charge on any atom is 0.223 e. The Morgan fingerprint density at radius 2 is 2.08 bits per heavy atom. The number of primary amides is 1. The lowest BCUT2D eigenvalue weighted by molar-refractivity contribution is -0.132. The van der Waals surface area contributed by atoms with E-state index in [0.717, 1.165) is 12.8 Å². The van der Waals surface area contributed by atoms with Gasteiger partial charge in [0.15, 0.2) is 0 Å². The molecule has 2 atom stereocenters. The summed E-state index contributed by atoms with van der Waals surface area (Å²) < 4.78 is 0. The van der Waals surface area contributed by atoms with Gasteiger partial charge in [0.2, 0.25) is 5.91 Å². The quantitative estimate of drug-likeness (QED) is 0.663. The molecule has 3 heteroatoms. The molecular weight excluding hydrogens is 164 g/mol. The van der Waals surface area contributed by atoms with Crippen molar-refractivity contribution in [1.29, 1.82) is 5.26 Å². The van der Waals surface area contributed by atoms with E-state index in [1.165, 1.54) is 0 Å². The second kappa shape index (κ2) is 2.73. The van der Waals surface area contributed by atoms with Crippen molar-refractivity contribution >= 4 is 5.91 Å². The molecule has 0 heterocycles. The lowest BCUT2D eigenvalue weighted by Crippen LogP contribution is -2.44. The van der Waals surface area contributed by atoms with Crippen LogP contribution >= 0.6 is 0 Å². The van der Waals surface area contributed by atoms with E-state index in [0.29, 0.717) is 0 Å². The molecular formula is C10H16N2O. The molecule has 3 nitrogen and oxygen atoms in total. The van der Waals surface area contributed by atoms with Crippen molar-refractivity contribution in [3.63, 3.8) is 0 Å². The van der Waals surface area contributed by atoms with Gasteiger partial charge in [-0.25, -0.2) is 0 Å². The molecule has 0 aromatic rings. The van der Waals surface area contributed by atoms with Gasteiger partial charge in [0.25, 0.3) is 0 Å². The number of hydrogen-bond donors (Lipinski definition) is 1. The van der Waals surface area contributed by atoms with E-state index in [2.05, 4.69) is 6.07 Å². The van der Waals surface area contributed by atoms with Crippen molar-refractivity contribution in [3.05, 3.63) is 0 Å². The summed E-state index contributed by atoms with van der Waals surface area (Å²) in [6, 6.07) is 2.26. The Kier molecular flexibility index (Phi) is 2.11. The fourth-order valence-electron chi connectivity index (χ4n) is 2.17. The molecule has 1 aliphatic rings. The molecule has 2 N–H and O–H groups in total. The van der Waals surface area contributed by atoms with Gasteiger partial charge in [0.05, 0.1) is 17.4 Å². The summed E-state index contributed by atoms with van der Waals surface area (Å²) in [5.41, 5.74) is 4.56. The molecule has 0 aliphatic heterocycles. The van der Waals surface area contributed by atoms with Gasteiger partial charge < -0.3 is 5.73 Å². The Hall–Kier alpha value is -1.04. The molecule has 1 rings (SSSR count). The molecule has 0 aromatic carbocycles. The lowest BCUT2D eigenvalue weighted by atomic mass is 9.65. The highest BCUT2D eigenvalue weighted by molar-refractivity contribution is 5.81. The molecule has 1 saturated carbocycles. The van der Waals surface area contributed by atoms with Crippen LogP contribution in [0.15, 0.2) is 0 Å². The van der Waals surface area contributed by atoms with Gasteiger partial charge in [0.1, 0.15) is 0 Å². The Morgan fingerprint density at radius 3 is 2.31 bits per heavy atom. The number of nitrogens with two attached hydrogens (primary N) is 1. The highest BCUT2D eigenvalue weighted by atomic mass is 16.1. The lowest BCUT2D eigenvalue weighted by Gasteiger charge is -2.36. The highest BCUT2D eigenvalue weighted by Crippen LogP contribution is 2.55. The molecule has 0 unspecified atom stereocenters. The van der Waals surface area contributed by atoms with Crippen LogP contribution in [0.5, 0.6) is 0 Å². The first-order valence-electron chi connectivity index (χ1n) is 4.56. The SMILES string of the molecule is CC1(C)[C@@H](C#N)CC[C@]1(C)C(N)=O. The van der Waals surface area contributed by atoms with Gasteiger partial charge >= 0.3 is 0 Å². The molecule has 1 amide bonds. The fraction of sp³-hybridized carbons (Fsp3) is 0.800. The van der Waals surface area contributed by atoms with Crippen LogP contribution in [0.1, 0.15) is 33.6 Å². The summed E-state index contributed by atoms with van der Waals surface area (Å²) in [5, 5.41) is 8.91. The van der Waals surface area contributed by atoms with Crippen LogP contribution in [0.2, 0.25) is 0 Å². The predicted octanol–water partition coefficient (Wildman–Crippen LogP) is 1.44. The second-order valence-corrected chi connectivity index (χ2v) is 4.64. The number of carbonyl (C=O) groups excluding carboxylic acids is 1. The minimum absolute atomic E-state index is 0.0509. The zero-order valence-corrected chi connectivity index (χ0v) is 8.42. The van der Waals surface area contributed by atoms with Gasteiger partial charge in [-0.05, 0) is 18.3 Å². The summed E-state index contributed by atoms with van der Waals surface area (Å²) in [7, 11) is 0. The maximum atomic E-state index is 11.3. The van der Waals surface area contributed by atoms with E-state index in [1.54, 1.807) is 0 Å². The largest absolute Gasteiger partial charge is 0.369 e. The van der Waals surface area contributed by atoms with Crippen LogP contribution < -0.4 is 5.73 Å². The normalized spacial score (nSPS) is 36.9. The first-order chi connectivity index (χ1) is 5.86. The second-order valence-electron chi connectivity index (χ2n) is 4.64. The Labute approximate surface area is 78.9 Å². The first-order valence-corrected chi connectivity index (χ1v) is 4.56. The van der Waals surface area contributed by atoms with Crippen LogP contribution in [0.3, 0.4) is 0 Å². The number of nitriles is 1. The summed E-state index contributed by atoms with van der Waals surface area (Å²) in [4.78, 5) is 11.3. The summed E-state index contributed by atoms with van der Waals surface area (Å²) in [6.45, 7) is 5.78. The number of carbonyl (C=O) groups is 1. The van der Waals surface area contributed by atoms with E-state index in [-0.39, 0.29) is 17.2 Å². The van der Waals surface area contributed by atoms with E-state index in [4.69, 9.17) is 11.0 Å². The molecule has 72 valence electrons. The molecule has 1 aliphatic carbocycles. The molecule has 0 saturated heterocycles. The van der Waals surface area contributed by atoms with Crippen molar-refractivity contribution in [2.45, 2.75) is 33.6 Å². The Balaban J connectivity index is 3.07. The molecule has 0 radical (unpaired) electrons. The maximum absolute atomic E-state index is 11.3. The third-order valence-corrected chi connectivity index (χ3v) is 3.93. The van der Waals surface area contributed by atoms with Crippen LogP contribution in [0.25, 0.3) is 0 Å². The fourth-order valence-corrected chi connectivity index (χ4v) is 2.17.